The van der Waals surface area contributed by atoms with Crippen LogP contribution in [0, 0.1) is 13.8 Å². The number of nitrogens with zero attached hydrogens (tertiary/aromatic N) is 3. The van der Waals surface area contributed by atoms with Gasteiger partial charge in [-0.05, 0) is 37.6 Å². The van der Waals surface area contributed by atoms with Gasteiger partial charge in [-0.15, -0.1) is 5.10 Å². The number of aromatic nitrogens is 3. The molecule has 0 aliphatic carbocycles. The molecule has 3 aromatic rings. The summed E-state index contributed by atoms with van der Waals surface area (Å²) in [7, 11) is 0. The molecule has 0 saturated carbocycles. The fourth-order valence-electron chi connectivity index (χ4n) is 2.49. The maximum atomic E-state index is 11.3. The molecule has 1 heterocycles. The van der Waals surface area contributed by atoms with Gasteiger partial charge in [-0.3, -0.25) is 4.79 Å². The van der Waals surface area contributed by atoms with Crippen molar-refractivity contribution in [3.05, 3.63) is 64.3 Å². The highest BCUT2D eigenvalue weighted by atomic mass is 35.5. The molecule has 3 rings (SSSR count). The SMILES string of the molecule is Cc1ccc(-n2nnc(C=O)c2-c2cccc(Cl)c2)c(C)c1. The summed E-state index contributed by atoms with van der Waals surface area (Å²) in [5.74, 6) is 0. The second-order valence-electron chi connectivity index (χ2n) is 5.15. The van der Waals surface area contributed by atoms with Crippen molar-refractivity contribution >= 4 is 17.9 Å². The van der Waals surface area contributed by atoms with Crippen LogP contribution in [0.25, 0.3) is 16.9 Å². The molecule has 1 aromatic heterocycles. The van der Waals surface area contributed by atoms with Gasteiger partial charge >= 0.3 is 0 Å². The Bertz CT molecular complexity index is 855. The number of benzene rings is 2. The molecule has 110 valence electrons. The maximum absolute atomic E-state index is 11.3. The lowest BCUT2D eigenvalue weighted by Gasteiger charge is -2.10. The molecule has 0 aliphatic heterocycles. The lowest BCUT2D eigenvalue weighted by atomic mass is 10.1. The smallest absolute Gasteiger partial charge is 0.172 e. The van der Waals surface area contributed by atoms with Gasteiger partial charge in [0.05, 0.1) is 5.69 Å². The highest BCUT2D eigenvalue weighted by molar-refractivity contribution is 6.30. The quantitative estimate of drug-likeness (QED) is 0.686. The van der Waals surface area contributed by atoms with Crippen LogP contribution in [0.4, 0.5) is 0 Å². The number of aryl methyl sites for hydroxylation is 2. The summed E-state index contributed by atoms with van der Waals surface area (Å²) < 4.78 is 1.68. The second kappa shape index (κ2) is 5.73. The van der Waals surface area contributed by atoms with Gasteiger partial charge < -0.3 is 0 Å². The van der Waals surface area contributed by atoms with Gasteiger partial charge in [0, 0.05) is 10.6 Å². The van der Waals surface area contributed by atoms with Gasteiger partial charge in [-0.2, -0.15) is 0 Å². The van der Waals surface area contributed by atoms with E-state index >= 15 is 0 Å². The molecule has 0 radical (unpaired) electrons. The third-order valence-electron chi connectivity index (χ3n) is 3.49. The van der Waals surface area contributed by atoms with Crippen molar-refractivity contribution in [2.24, 2.45) is 0 Å². The Labute approximate surface area is 133 Å². The number of halogens is 1. The minimum atomic E-state index is 0.294. The molecule has 0 fully saturated rings. The molecule has 0 unspecified atom stereocenters. The summed E-state index contributed by atoms with van der Waals surface area (Å²) in [4.78, 5) is 11.3. The minimum Gasteiger partial charge on any atom is -0.296 e. The van der Waals surface area contributed by atoms with E-state index < -0.39 is 0 Å². The van der Waals surface area contributed by atoms with Crippen LogP contribution in [0.5, 0.6) is 0 Å². The summed E-state index contributed by atoms with van der Waals surface area (Å²) in [6, 6.07) is 13.4. The lowest BCUT2D eigenvalue weighted by Crippen LogP contribution is -2.02. The monoisotopic (exact) mass is 311 g/mol. The predicted octanol–water partition coefficient (Wildman–Crippen LogP) is 4.02. The number of rotatable bonds is 3. The van der Waals surface area contributed by atoms with E-state index in [2.05, 4.69) is 16.4 Å². The molecule has 5 heteroatoms. The van der Waals surface area contributed by atoms with Crippen molar-refractivity contribution in [2.45, 2.75) is 13.8 Å². The Balaban J connectivity index is 2.26. The van der Waals surface area contributed by atoms with Crippen LogP contribution in [0.15, 0.2) is 42.5 Å². The van der Waals surface area contributed by atoms with Crippen molar-refractivity contribution < 1.29 is 4.79 Å². The molecule has 0 N–H and O–H groups in total. The van der Waals surface area contributed by atoms with Gasteiger partial charge in [-0.1, -0.05) is 46.6 Å². The standard InChI is InChI=1S/C17H14ClN3O/c1-11-6-7-16(12(2)8-11)21-17(15(10-22)19-20-21)13-4-3-5-14(18)9-13/h3-10H,1-2H3. The van der Waals surface area contributed by atoms with Crippen LogP contribution in [-0.4, -0.2) is 21.3 Å². The van der Waals surface area contributed by atoms with Gasteiger partial charge in [-0.25, -0.2) is 4.68 Å². The summed E-state index contributed by atoms with van der Waals surface area (Å²) >= 11 is 6.07. The Morgan fingerprint density at radius 1 is 1.14 bits per heavy atom. The average molecular weight is 312 g/mol. The molecular weight excluding hydrogens is 298 g/mol. The molecular formula is C17H14ClN3O. The number of hydrogen-bond donors (Lipinski definition) is 0. The first-order valence-corrected chi connectivity index (χ1v) is 7.22. The van der Waals surface area contributed by atoms with Crippen molar-refractivity contribution in [1.82, 2.24) is 15.0 Å². The molecule has 0 aliphatic rings. The Morgan fingerprint density at radius 3 is 2.64 bits per heavy atom. The number of carbonyl (C=O) groups is 1. The molecule has 2 aromatic carbocycles. The van der Waals surface area contributed by atoms with Crippen molar-refractivity contribution in [1.29, 1.82) is 0 Å². The lowest BCUT2D eigenvalue weighted by molar-refractivity contribution is 0.111. The zero-order valence-electron chi connectivity index (χ0n) is 12.2. The van der Waals surface area contributed by atoms with Crippen molar-refractivity contribution in [3.8, 4) is 16.9 Å². The Morgan fingerprint density at radius 2 is 1.95 bits per heavy atom. The molecule has 0 atom stereocenters. The number of hydrogen-bond acceptors (Lipinski definition) is 3. The van der Waals surface area contributed by atoms with Crippen LogP contribution < -0.4 is 0 Å². The zero-order valence-corrected chi connectivity index (χ0v) is 13.0. The van der Waals surface area contributed by atoms with E-state index in [0.29, 0.717) is 22.7 Å². The van der Waals surface area contributed by atoms with E-state index in [1.54, 1.807) is 16.8 Å². The Hall–Kier alpha value is -2.46. The van der Waals surface area contributed by atoms with E-state index in [9.17, 15) is 4.79 Å². The maximum Gasteiger partial charge on any atom is 0.172 e. The largest absolute Gasteiger partial charge is 0.296 e. The zero-order chi connectivity index (χ0) is 15.7. The van der Waals surface area contributed by atoms with Crippen molar-refractivity contribution in [2.75, 3.05) is 0 Å². The summed E-state index contributed by atoms with van der Waals surface area (Å²) in [5.41, 5.74) is 4.86. The van der Waals surface area contributed by atoms with Gasteiger partial charge in [0.25, 0.3) is 0 Å². The highest BCUT2D eigenvalue weighted by Crippen LogP contribution is 2.28. The van der Waals surface area contributed by atoms with E-state index in [0.717, 1.165) is 16.8 Å². The summed E-state index contributed by atoms with van der Waals surface area (Å²) in [6.45, 7) is 4.04. The molecule has 0 spiro atoms. The van der Waals surface area contributed by atoms with E-state index in [-0.39, 0.29) is 0 Å². The third-order valence-corrected chi connectivity index (χ3v) is 3.72. The third kappa shape index (κ3) is 2.53. The summed E-state index contributed by atoms with van der Waals surface area (Å²) in [6.07, 6.45) is 0.712. The van der Waals surface area contributed by atoms with Crippen LogP contribution >= 0.6 is 11.6 Å². The van der Waals surface area contributed by atoms with Crippen LogP contribution in [0.3, 0.4) is 0 Å². The normalized spacial score (nSPS) is 10.7. The average Bonchev–Trinajstić information content (AvgIpc) is 2.91. The molecule has 0 saturated heterocycles. The van der Waals surface area contributed by atoms with Crippen LogP contribution in [-0.2, 0) is 0 Å². The number of carbonyl (C=O) groups excluding carboxylic acids is 1. The van der Waals surface area contributed by atoms with E-state index in [1.807, 2.05) is 38.1 Å². The van der Waals surface area contributed by atoms with Crippen LogP contribution in [0.2, 0.25) is 5.02 Å². The van der Waals surface area contributed by atoms with Crippen LogP contribution in [0.1, 0.15) is 21.6 Å². The van der Waals surface area contributed by atoms with E-state index in [4.69, 9.17) is 11.6 Å². The predicted molar refractivity (Wildman–Crippen MR) is 86.7 cm³/mol. The fraction of sp³-hybridized carbons (Fsp3) is 0.118. The first-order valence-electron chi connectivity index (χ1n) is 6.84. The fourth-order valence-corrected chi connectivity index (χ4v) is 2.68. The second-order valence-corrected chi connectivity index (χ2v) is 5.59. The van der Waals surface area contributed by atoms with Gasteiger partial charge in [0.1, 0.15) is 5.69 Å². The van der Waals surface area contributed by atoms with Gasteiger partial charge in [0.2, 0.25) is 0 Å². The molecule has 0 bridgehead atoms. The first kappa shape index (κ1) is 14.5. The van der Waals surface area contributed by atoms with Gasteiger partial charge in [0.15, 0.2) is 12.0 Å². The summed E-state index contributed by atoms with van der Waals surface area (Å²) in [5, 5.41) is 8.73. The first-order chi connectivity index (χ1) is 10.6. The Kier molecular flexibility index (Phi) is 3.77. The number of aldehydes is 1. The minimum absolute atomic E-state index is 0.294. The topological polar surface area (TPSA) is 47.8 Å². The molecule has 22 heavy (non-hydrogen) atoms. The van der Waals surface area contributed by atoms with E-state index in [1.165, 1.54) is 5.56 Å². The van der Waals surface area contributed by atoms with Crippen molar-refractivity contribution in [3.63, 3.8) is 0 Å². The molecule has 0 amide bonds. The highest BCUT2D eigenvalue weighted by Gasteiger charge is 2.17. The molecule has 4 nitrogen and oxygen atoms in total.